The molecule has 0 saturated carbocycles. The summed E-state index contributed by atoms with van der Waals surface area (Å²) in [4.78, 5) is 0.175. The molecule has 1 atom stereocenters. The van der Waals surface area contributed by atoms with E-state index in [9.17, 15) is 8.42 Å². The Morgan fingerprint density at radius 2 is 2.10 bits per heavy atom. The first-order valence-corrected chi connectivity index (χ1v) is 9.22. The van der Waals surface area contributed by atoms with Crippen LogP contribution in [-0.4, -0.2) is 15.5 Å². The molecule has 0 spiro atoms. The molecule has 0 radical (unpaired) electrons. The molecule has 2 rings (SSSR count). The number of sulfonamides is 1. The minimum absolute atomic E-state index is 0.175. The normalized spacial score (nSPS) is 13.3. The van der Waals surface area contributed by atoms with Crippen molar-refractivity contribution in [3.05, 3.63) is 51.2 Å². The highest BCUT2D eigenvalue weighted by atomic mass is 35.5. The largest absolute Gasteiger partial charge is 0.316 e. The van der Waals surface area contributed by atoms with E-state index >= 15 is 0 Å². The number of halogens is 1. The molecule has 1 heterocycles. The Morgan fingerprint density at radius 1 is 1.33 bits per heavy atom. The lowest BCUT2D eigenvalue weighted by molar-refractivity contribution is 0.567. The highest BCUT2D eigenvalue weighted by Crippen LogP contribution is 2.23. The fourth-order valence-corrected chi connectivity index (χ4v) is 4.24. The van der Waals surface area contributed by atoms with Crippen molar-refractivity contribution in [2.75, 3.05) is 7.05 Å². The van der Waals surface area contributed by atoms with Crippen molar-refractivity contribution < 1.29 is 8.42 Å². The molecule has 0 saturated heterocycles. The zero-order chi connectivity index (χ0) is 15.5. The standard InChI is InChI=1S/C14H17ClN2O2S2/c1-10(12-5-6-20-9-12)17-21(18,19)13-4-3-11(8-16-2)14(15)7-13/h3-7,9-10,16-17H,8H2,1-2H3. The lowest BCUT2D eigenvalue weighted by Gasteiger charge is -2.14. The quantitative estimate of drug-likeness (QED) is 0.846. The number of benzene rings is 1. The molecule has 1 aromatic heterocycles. The Kier molecular flexibility index (Phi) is 5.40. The molecular weight excluding hydrogens is 328 g/mol. The van der Waals surface area contributed by atoms with E-state index < -0.39 is 10.0 Å². The third kappa shape index (κ3) is 4.05. The van der Waals surface area contributed by atoms with E-state index in [0.29, 0.717) is 11.6 Å². The van der Waals surface area contributed by atoms with Crippen LogP contribution in [0.25, 0.3) is 0 Å². The summed E-state index contributed by atoms with van der Waals surface area (Å²) in [5, 5.41) is 7.27. The molecule has 2 N–H and O–H groups in total. The maximum absolute atomic E-state index is 12.4. The molecule has 0 fully saturated rings. The summed E-state index contributed by atoms with van der Waals surface area (Å²) >= 11 is 7.66. The van der Waals surface area contributed by atoms with Gasteiger partial charge in [-0.15, -0.1) is 0 Å². The second-order valence-electron chi connectivity index (χ2n) is 4.68. The molecule has 0 aliphatic rings. The molecule has 1 aromatic carbocycles. The summed E-state index contributed by atoms with van der Waals surface area (Å²) < 4.78 is 27.4. The zero-order valence-electron chi connectivity index (χ0n) is 11.8. The Bertz CT molecular complexity index is 700. The third-order valence-electron chi connectivity index (χ3n) is 3.08. The number of hydrogen-bond donors (Lipinski definition) is 2. The van der Waals surface area contributed by atoms with Gasteiger partial charge >= 0.3 is 0 Å². The molecule has 2 aromatic rings. The van der Waals surface area contributed by atoms with Gasteiger partial charge in [-0.3, -0.25) is 0 Å². The first kappa shape index (κ1) is 16.5. The zero-order valence-corrected chi connectivity index (χ0v) is 14.1. The topological polar surface area (TPSA) is 58.2 Å². The van der Waals surface area contributed by atoms with E-state index in [1.54, 1.807) is 12.1 Å². The van der Waals surface area contributed by atoms with Gasteiger partial charge in [0.05, 0.1) is 4.90 Å². The summed E-state index contributed by atoms with van der Waals surface area (Å²) in [5.74, 6) is 0. The number of thiophene rings is 1. The van der Waals surface area contributed by atoms with Crippen LogP contribution < -0.4 is 10.0 Å². The molecule has 7 heteroatoms. The van der Waals surface area contributed by atoms with Gasteiger partial charge in [0.25, 0.3) is 0 Å². The van der Waals surface area contributed by atoms with E-state index in [0.717, 1.165) is 11.1 Å². The van der Waals surface area contributed by atoms with E-state index in [4.69, 9.17) is 11.6 Å². The van der Waals surface area contributed by atoms with Gasteiger partial charge < -0.3 is 5.32 Å². The highest BCUT2D eigenvalue weighted by Gasteiger charge is 2.19. The van der Waals surface area contributed by atoms with Crippen molar-refractivity contribution in [2.24, 2.45) is 0 Å². The van der Waals surface area contributed by atoms with Gasteiger partial charge in [-0.25, -0.2) is 13.1 Å². The molecule has 4 nitrogen and oxygen atoms in total. The van der Waals surface area contributed by atoms with Crippen LogP contribution in [0.15, 0.2) is 39.9 Å². The minimum Gasteiger partial charge on any atom is -0.316 e. The van der Waals surface area contributed by atoms with Crippen LogP contribution >= 0.6 is 22.9 Å². The van der Waals surface area contributed by atoms with Crippen LogP contribution in [0, 0.1) is 0 Å². The summed E-state index contributed by atoms with van der Waals surface area (Å²) in [6, 6.07) is 6.40. The first-order chi connectivity index (χ1) is 9.94. The van der Waals surface area contributed by atoms with Crippen molar-refractivity contribution in [1.29, 1.82) is 0 Å². The van der Waals surface area contributed by atoms with Crippen LogP contribution in [0.2, 0.25) is 5.02 Å². The smallest absolute Gasteiger partial charge is 0.241 e. The van der Waals surface area contributed by atoms with E-state index in [-0.39, 0.29) is 10.9 Å². The van der Waals surface area contributed by atoms with Crippen LogP contribution in [-0.2, 0) is 16.6 Å². The maximum Gasteiger partial charge on any atom is 0.241 e. The van der Waals surface area contributed by atoms with Crippen molar-refractivity contribution in [1.82, 2.24) is 10.0 Å². The second-order valence-corrected chi connectivity index (χ2v) is 7.58. The third-order valence-corrected chi connectivity index (χ3v) is 5.67. The van der Waals surface area contributed by atoms with Gasteiger partial charge in [0.2, 0.25) is 10.0 Å². The van der Waals surface area contributed by atoms with Crippen molar-refractivity contribution in [2.45, 2.75) is 24.4 Å². The van der Waals surface area contributed by atoms with Crippen LogP contribution in [0.4, 0.5) is 0 Å². The van der Waals surface area contributed by atoms with Gasteiger partial charge in [-0.2, -0.15) is 11.3 Å². The number of rotatable bonds is 6. The molecule has 0 aliphatic carbocycles. The van der Waals surface area contributed by atoms with Crippen LogP contribution in [0.5, 0.6) is 0 Å². The fourth-order valence-electron chi connectivity index (χ4n) is 1.92. The summed E-state index contributed by atoms with van der Waals surface area (Å²) in [6.07, 6.45) is 0. The SMILES string of the molecule is CNCc1ccc(S(=O)(=O)NC(C)c2ccsc2)cc1Cl. The van der Waals surface area contributed by atoms with Crippen molar-refractivity contribution in [3.63, 3.8) is 0 Å². The molecule has 0 bridgehead atoms. The average molecular weight is 345 g/mol. The van der Waals surface area contributed by atoms with E-state index in [1.807, 2.05) is 30.8 Å². The molecule has 0 amide bonds. The first-order valence-electron chi connectivity index (χ1n) is 6.41. The van der Waals surface area contributed by atoms with Gasteiger partial charge in [0.1, 0.15) is 0 Å². The highest BCUT2D eigenvalue weighted by molar-refractivity contribution is 7.89. The second kappa shape index (κ2) is 6.89. The summed E-state index contributed by atoms with van der Waals surface area (Å²) in [6.45, 7) is 2.41. The average Bonchev–Trinajstić information content (AvgIpc) is 2.95. The van der Waals surface area contributed by atoms with Crippen molar-refractivity contribution >= 4 is 33.0 Å². The van der Waals surface area contributed by atoms with Crippen LogP contribution in [0.1, 0.15) is 24.1 Å². The fraction of sp³-hybridized carbons (Fsp3) is 0.286. The Hall–Kier alpha value is -0.920. The monoisotopic (exact) mass is 344 g/mol. The Morgan fingerprint density at radius 3 is 2.67 bits per heavy atom. The van der Waals surface area contributed by atoms with Gasteiger partial charge in [-0.05, 0) is 54.1 Å². The van der Waals surface area contributed by atoms with Crippen LogP contribution in [0.3, 0.4) is 0 Å². The molecule has 1 unspecified atom stereocenters. The summed E-state index contributed by atoms with van der Waals surface area (Å²) in [5.41, 5.74) is 1.81. The number of hydrogen-bond acceptors (Lipinski definition) is 4. The molecular formula is C14H17ClN2O2S2. The predicted molar refractivity (Wildman–Crippen MR) is 87.3 cm³/mol. The molecule has 114 valence electrons. The van der Waals surface area contributed by atoms with E-state index in [1.165, 1.54) is 17.4 Å². The minimum atomic E-state index is -3.59. The van der Waals surface area contributed by atoms with E-state index in [2.05, 4.69) is 10.0 Å². The summed E-state index contributed by atoms with van der Waals surface area (Å²) in [7, 11) is -1.78. The van der Waals surface area contributed by atoms with Crippen molar-refractivity contribution in [3.8, 4) is 0 Å². The maximum atomic E-state index is 12.4. The molecule has 0 aliphatic heterocycles. The predicted octanol–water partition coefficient (Wildman–Crippen LogP) is 3.16. The number of nitrogens with one attached hydrogen (secondary N) is 2. The lowest BCUT2D eigenvalue weighted by Crippen LogP contribution is -2.26. The Balaban J connectivity index is 2.21. The van der Waals surface area contributed by atoms with Gasteiger partial charge in [0, 0.05) is 17.6 Å². The lowest BCUT2D eigenvalue weighted by atomic mass is 10.2. The Labute approximate surface area is 134 Å². The van der Waals surface area contributed by atoms with Gasteiger partial charge in [-0.1, -0.05) is 17.7 Å². The molecule has 21 heavy (non-hydrogen) atoms. The van der Waals surface area contributed by atoms with Gasteiger partial charge in [0.15, 0.2) is 0 Å².